The summed E-state index contributed by atoms with van der Waals surface area (Å²) in [6.45, 7) is 0.674. The van der Waals surface area contributed by atoms with Crippen LogP contribution in [0.2, 0.25) is 0 Å². The number of benzene rings is 2. The van der Waals surface area contributed by atoms with Gasteiger partial charge in [0.15, 0.2) is 0 Å². The van der Waals surface area contributed by atoms with Crippen molar-refractivity contribution in [3.63, 3.8) is 0 Å². The van der Waals surface area contributed by atoms with Crippen molar-refractivity contribution in [1.82, 2.24) is 0 Å². The molecular formula is C15H17FN2O. The van der Waals surface area contributed by atoms with Gasteiger partial charge in [-0.2, -0.15) is 0 Å². The fraction of sp³-hybridized carbons (Fsp3) is 0.200. The number of hydrogen-bond donors (Lipinski definition) is 1. The Kier molecular flexibility index (Phi) is 3.90. The second kappa shape index (κ2) is 5.61. The zero-order chi connectivity index (χ0) is 13.8. The fourth-order valence-corrected chi connectivity index (χ4v) is 2.00. The summed E-state index contributed by atoms with van der Waals surface area (Å²) in [5.41, 5.74) is 8.17. The highest BCUT2D eigenvalue weighted by atomic mass is 19.1. The van der Waals surface area contributed by atoms with Gasteiger partial charge in [0.25, 0.3) is 0 Å². The molecule has 19 heavy (non-hydrogen) atoms. The molecule has 0 atom stereocenters. The van der Waals surface area contributed by atoms with Crippen LogP contribution >= 0.6 is 0 Å². The quantitative estimate of drug-likeness (QED) is 0.859. The number of anilines is 2. The van der Waals surface area contributed by atoms with E-state index in [-0.39, 0.29) is 5.82 Å². The summed E-state index contributed by atoms with van der Waals surface area (Å²) in [5.74, 6) is 0.494. The molecule has 0 aliphatic rings. The molecule has 2 rings (SSSR count). The zero-order valence-electron chi connectivity index (χ0n) is 11.1. The van der Waals surface area contributed by atoms with Crippen LogP contribution in [0.1, 0.15) is 5.56 Å². The Labute approximate surface area is 112 Å². The molecule has 0 unspecified atom stereocenters. The van der Waals surface area contributed by atoms with E-state index in [2.05, 4.69) is 0 Å². The van der Waals surface area contributed by atoms with Crippen molar-refractivity contribution in [2.45, 2.75) is 6.54 Å². The van der Waals surface area contributed by atoms with E-state index in [9.17, 15) is 4.39 Å². The van der Waals surface area contributed by atoms with Gasteiger partial charge in [0.1, 0.15) is 11.6 Å². The number of nitrogen functional groups attached to an aromatic ring is 1. The van der Waals surface area contributed by atoms with Gasteiger partial charge in [-0.1, -0.05) is 12.1 Å². The highest BCUT2D eigenvalue weighted by Crippen LogP contribution is 2.25. The molecule has 0 heterocycles. The summed E-state index contributed by atoms with van der Waals surface area (Å²) in [4.78, 5) is 1.98. The molecule has 2 aromatic carbocycles. The van der Waals surface area contributed by atoms with Gasteiger partial charge in [-0.15, -0.1) is 0 Å². The van der Waals surface area contributed by atoms with Gasteiger partial charge in [-0.05, 0) is 35.9 Å². The third-order valence-electron chi connectivity index (χ3n) is 2.95. The normalized spacial score (nSPS) is 10.3. The van der Waals surface area contributed by atoms with Crippen molar-refractivity contribution in [3.8, 4) is 5.75 Å². The van der Waals surface area contributed by atoms with Crippen LogP contribution in [-0.2, 0) is 6.54 Å². The number of rotatable bonds is 4. The van der Waals surface area contributed by atoms with Crippen molar-refractivity contribution in [2.75, 3.05) is 24.8 Å². The van der Waals surface area contributed by atoms with Gasteiger partial charge >= 0.3 is 0 Å². The predicted octanol–water partition coefficient (Wildman–Crippen LogP) is 3.05. The second-order valence-electron chi connectivity index (χ2n) is 4.41. The molecule has 2 aromatic rings. The number of halogens is 1. The van der Waals surface area contributed by atoms with Gasteiger partial charge in [-0.25, -0.2) is 4.39 Å². The van der Waals surface area contributed by atoms with Crippen LogP contribution in [0.3, 0.4) is 0 Å². The molecule has 0 aliphatic heterocycles. The Morgan fingerprint density at radius 2 is 2.00 bits per heavy atom. The maximum atomic E-state index is 13.0. The minimum atomic E-state index is -0.323. The SMILES string of the molecule is COc1cccc(CN(C)c2ccc(F)cc2N)c1. The molecule has 3 nitrogen and oxygen atoms in total. The minimum absolute atomic E-state index is 0.323. The van der Waals surface area contributed by atoms with E-state index in [0.717, 1.165) is 17.0 Å². The van der Waals surface area contributed by atoms with Crippen molar-refractivity contribution >= 4 is 11.4 Å². The van der Waals surface area contributed by atoms with Crippen LogP contribution in [-0.4, -0.2) is 14.2 Å². The zero-order valence-corrected chi connectivity index (χ0v) is 11.1. The van der Waals surface area contributed by atoms with E-state index in [0.29, 0.717) is 12.2 Å². The number of nitrogens with zero attached hydrogens (tertiary/aromatic N) is 1. The van der Waals surface area contributed by atoms with Crippen LogP contribution in [0, 0.1) is 5.82 Å². The molecule has 0 amide bonds. The number of hydrogen-bond acceptors (Lipinski definition) is 3. The lowest BCUT2D eigenvalue weighted by Crippen LogP contribution is -2.17. The standard InChI is InChI=1S/C15H17FN2O/c1-18(15-7-6-12(16)9-14(15)17)10-11-4-3-5-13(8-11)19-2/h3-9H,10,17H2,1-2H3. The second-order valence-corrected chi connectivity index (χ2v) is 4.41. The van der Waals surface area contributed by atoms with Gasteiger partial charge < -0.3 is 15.4 Å². The molecule has 0 saturated carbocycles. The Morgan fingerprint density at radius 1 is 1.21 bits per heavy atom. The topological polar surface area (TPSA) is 38.5 Å². The lowest BCUT2D eigenvalue weighted by Gasteiger charge is -2.21. The van der Waals surface area contributed by atoms with E-state index < -0.39 is 0 Å². The predicted molar refractivity (Wildman–Crippen MR) is 75.9 cm³/mol. The molecular weight excluding hydrogens is 243 g/mol. The Hall–Kier alpha value is -2.23. The maximum absolute atomic E-state index is 13.0. The van der Waals surface area contributed by atoms with E-state index in [1.807, 2.05) is 36.2 Å². The van der Waals surface area contributed by atoms with Gasteiger partial charge in [0.05, 0.1) is 18.5 Å². The first-order chi connectivity index (χ1) is 9.10. The average molecular weight is 260 g/mol. The average Bonchev–Trinajstić information content (AvgIpc) is 2.38. The Bertz CT molecular complexity index is 572. The van der Waals surface area contributed by atoms with Gasteiger partial charge in [-0.3, -0.25) is 0 Å². The van der Waals surface area contributed by atoms with Gasteiger partial charge in [0.2, 0.25) is 0 Å². The summed E-state index contributed by atoms with van der Waals surface area (Å²) in [6.07, 6.45) is 0. The molecule has 0 fully saturated rings. The van der Waals surface area contributed by atoms with E-state index in [1.165, 1.54) is 12.1 Å². The third kappa shape index (κ3) is 3.16. The molecule has 2 N–H and O–H groups in total. The Balaban J connectivity index is 2.17. The lowest BCUT2D eigenvalue weighted by atomic mass is 10.2. The summed E-state index contributed by atoms with van der Waals surface area (Å²) < 4.78 is 18.2. The highest BCUT2D eigenvalue weighted by molar-refractivity contribution is 5.67. The first-order valence-corrected chi connectivity index (χ1v) is 5.99. The van der Waals surface area contributed by atoms with E-state index >= 15 is 0 Å². The fourth-order valence-electron chi connectivity index (χ4n) is 2.00. The number of nitrogens with two attached hydrogens (primary N) is 1. The third-order valence-corrected chi connectivity index (χ3v) is 2.95. The van der Waals surface area contributed by atoms with Gasteiger partial charge in [0, 0.05) is 13.6 Å². The molecule has 0 aromatic heterocycles. The first kappa shape index (κ1) is 13.2. The highest BCUT2D eigenvalue weighted by Gasteiger charge is 2.07. The monoisotopic (exact) mass is 260 g/mol. The molecule has 0 spiro atoms. The molecule has 4 heteroatoms. The largest absolute Gasteiger partial charge is 0.497 e. The lowest BCUT2D eigenvalue weighted by molar-refractivity contribution is 0.414. The van der Waals surface area contributed by atoms with Crippen molar-refractivity contribution in [3.05, 3.63) is 53.8 Å². The molecule has 100 valence electrons. The molecule has 0 aliphatic carbocycles. The van der Waals surface area contributed by atoms with E-state index in [1.54, 1.807) is 13.2 Å². The number of methoxy groups -OCH3 is 1. The van der Waals surface area contributed by atoms with Crippen molar-refractivity contribution in [1.29, 1.82) is 0 Å². The van der Waals surface area contributed by atoms with Crippen molar-refractivity contribution < 1.29 is 9.13 Å². The van der Waals surface area contributed by atoms with Crippen LogP contribution < -0.4 is 15.4 Å². The van der Waals surface area contributed by atoms with E-state index in [4.69, 9.17) is 10.5 Å². The van der Waals surface area contributed by atoms with Crippen LogP contribution in [0.4, 0.5) is 15.8 Å². The summed E-state index contributed by atoms with van der Waals surface area (Å²) in [7, 11) is 3.56. The maximum Gasteiger partial charge on any atom is 0.125 e. The first-order valence-electron chi connectivity index (χ1n) is 5.99. The van der Waals surface area contributed by atoms with Crippen LogP contribution in [0.25, 0.3) is 0 Å². The summed E-state index contributed by atoms with van der Waals surface area (Å²) in [5, 5.41) is 0. The Morgan fingerprint density at radius 3 is 2.68 bits per heavy atom. The molecule has 0 saturated heterocycles. The summed E-state index contributed by atoms with van der Waals surface area (Å²) in [6, 6.07) is 12.2. The van der Waals surface area contributed by atoms with Crippen molar-refractivity contribution in [2.24, 2.45) is 0 Å². The minimum Gasteiger partial charge on any atom is -0.497 e. The number of ether oxygens (including phenoxy) is 1. The van der Waals surface area contributed by atoms with Crippen LogP contribution in [0.15, 0.2) is 42.5 Å². The smallest absolute Gasteiger partial charge is 0.125 e. The molecule has 0 radical (unpaired) electrons. The van der Waals surface area contributed by atoms with Crippen LogP contribution in [0.5, 0.6) is 5.75 Å². The summed E-state index contributed by atoms with van der Waals surface area (Å²) >= 11 is 0. The molecule has 0 bridgehead atoms.